The molecular formula is C17H18O3. The van der Waals surface area contributed by atoms with E-state index in [9.17, 15) is 9.90 Å². The van der Waals surface area contributed by atoms with Gasteiger partial charge in [0.25, 0.3) is 0 Å². The van der Waals surface area contributed by atoms with Gasteiger partial charge in [0.2, 0.25) is 0 Å². The molecule has 0 amide bonds. The number of rotatable bonds is 5. The van der Waals surface area contributed by atoms with Crippen molar-refractivity contribution in [2.24, 2.45) is 0 Å². The topological polar surface area (TPSA) is 46.5 Å². The highest BCUT2D eigenvalue weighted by Gasteiger charge is 2.14. The monoisotopic (exact) mass is 270 g/mol. The number of esters is 1. The van der Waals surface area contributed by atoms with Crippen LogP contribution in [0.1, 0.15) is 35.7 Å². The lowest BCUT2D eigenvalue weighted by Gasteiger charge is -2.09. The van der Waals surface area contributed by atoms with Gasteiger partial charge in [0.15, 0.2) is 0 Å². The minimum Gasteiger partial charge on any atom is -0.508 e. The molecule has 2 rings (SSSR count). The van der Waals surface area contributed by atoms with Crippen LogP contribution in [0.15, 0.2) is 48.5 Å². The van der Waals surface area contributed by atoms with Gasteiger partial charge in [-0.05, 0) is 48.7 Å². The van der Waals surface area contributed by atoms with E-state index >= 15 is 0 Å². The number of benzene rings is 2. The number of aromatic hydroxyl groups is 1. The van der Waals surface area contributed by atoms with Crippen LogP contribution in [0.25, 0.3) is 0 Å². The fourth-order valence-electron chi connectivity index (χ4n) is 2.00. The van der Waals surface area contributed by atoms with Gasteiger partial charge in [-0.1, -0.05) is 31.5 Å². The summed E-state index contributed by atoms with van der Waals surface area (Å²) in [5.41, 5.74) is 1.34. The fourth-order valence-corrected chi connectivity index (χ4v) is 2.00. The number of hydrogen-bond acceptors (Lipinski definition) is 3. The molecule has 2 aromatic carbocycles. The van der Waals surface area contributed by atoms with E-state index < -0.39 is 0 Å². The van der Waals surface area contributed by atoms with Crippen molar-refractivity contribution in [2.45, 2.75) is 26.2 Å². The minimum atomic E-state index is -0.387. The summed E-state index contributed by atoms with van der Waals surface area (Å²) >= 11 is 0. The molecule has 0 fully saturated rings. The van der Waals surface area contributed by atoms with Crippen molar-refractivity contribution in [3.8, 4) is 11.5 Å². The zero-order valence-corrected chi connectivity index (χ0v) is 11.5. The summed E-state index contributed by atoms with van der Waals surface area (Å²) in [5.74, 6) is 0.307. The highest BCUT2D eigenvalue weighted by molar-refractivity contribution is 5.92. The van der Waals surface area contributed by atoms with E-state index in [1.54, 1.807) is 24.3 Å². The van der Waals surface area contributed by atoms with Crippen LogP contribution in [-0.2, 0) is 6.42 Å². The number of carbonyl (C=O) groups is 1. The predicted octanol–water partition coefficient (Wildman–Crippen LogP) is 3.95. The second-order valence-electron chi connectivity index (χ2n) is 4.65. The first-order valence-electron chi connectivity index (χ1n) is 6.80. The second kappa shape index (κ2) is 6.75. The fraction of sp³-hybridized carbons (Fsp3) is 0.235. The zero-order chi connectivity index (χ0) is 14.4. The average molecular weight is 270 g/mol. The summed E-state index contributed by atoms with van der Waals surface area (Å²) in [6.45, 7) is 2.09. The SMILES string of the molecule is CCCCc1cc(O)ccc1C(=O)Oc1ccccc1. The molecule has 0 bridgehead atoms. The van der Waals surface area contributed by atoms with E-state index in [-0.39, 0.29) is 11.7 Å². The van der Waals surface area contributed by atoms with Crippen LogP contribution in [0.2, 0.25) is 0 Å². The van der Waals surface area contributed by atoms with E-state index in [1.807, 2.05) is 18.2 Å². The normalized spacial score (nSPS) is 10.2. The lowest BCUT2D eigenvalue weighted by Crippen LogP contribution is -2.11. The van der Waals surface area contributed by atoms with E-state index in [2.05, 4.69) is 6.92 Å². The highest BCUT2D eigenvalue weighted by atomic mass is 16.5. The standard InChI is InChI=1S/C17H18O3/c1-2-3-7-13-12-14(18)10-11-16(13)17(19)20-15-8-5-4-6-9-15/h4-6,8-12,18H,2-3,7H2,1H3. The maximum atomic E-state index is 12.2. The zero-order valence-electron chi connectivity index (χ0n) is 11.5. The number of ether oxygens (including phenoxy) is 1. The van der Waals surface area contributed by atoms with Crippen LogP contribution in [0.4, 0.5) is 0 Å². The molecule has 0 atom stereocenters. The molecule has 104 valence electrons. The van der Waals surface area contributed by atoms with Gasteiger partial charge < -0.3 is 9.84 Å². The van der Waals surface area contributed by atoms with Crippen molar-refractivity contribution in [1.29, 1.82) is 0 Å². The van der Waals surface area contributed by atoms with Gasteiger partial charge in [-0.2, -0.15) is 0 Å². The van der Waals surface area contributed by atoms with Gasteiger partial charge in [0.1, 0.15) is 11.5 Å². The average Bonchev–Trinajstić information content (AvgIpc) is 2.46. The van der Waals surface area contributed by atoms with Crippen LogP contribution >= 0.6 is 0 Å². The highest BCUT2D eigenvalue weighted by Crippen LogP contribution is 2.21. The molecule has 0 aromatic heterocycles. The maximum Gasteiger partial charge on any atom is 0.343 e. The third kappa shape index (κ3) is 3.60. The summed E-state index contributed by atoms with van der Waals surface area (Å²) in [7, 11) is 0. The summed E-state index contributed by atoms with van der Waals surface area (Å²) in [5, 5.41) is 9.56. The number of phenolic OH excluding ortho intramolecular Hbond substituents is 1. The predicted molar refractivity (Wildman–Crippen MR) is 78.1 cm³/mol. The molecule has 2 aromatic rings. The molecule has 0 radical (unpaired) electrons. The van der Waals surface area contributed by atoms with Gasteiger partial charge in [-0.15, -0.1) is 0 Å². The van der Waals surface area contributed by atoms with Crippen LogP contribution in [0.3, 0.4) is 0 Å². The lowest BCUT2D eigenvalue weighted by atomic mass is 10.0. The summed E-state index contributed by atoms with van der Waals surface area (Å²) < 4.78 is 5.34. The number of para-hydroxylation sites is 1. The number of aryl methyl sites for hydroxylation is 1. The van der Waals surface area contributed by atoms with Crippen molar-refractivity contribution in [2.75, 3.05) is 0 Å². The Kier molecular flexibility index (Phi) is 4.77. The molecule has 3 heteroatoms. The number of carbonyl (C=O) groups excluding carboxylic acids is 1. The van der Waals surface area contributed by atoms with Crippen LogP contribution in [0.5, 0.6) is 11.5 Å². The first kappa shape index (κ1) is 14.1. The second-order valence-corrected chi connectivity index (χ2v) is 4.65. The molecule has 3 nitrogen and oxygen atoms in total. The Balaban J connectivity index is 2.20. The Morgan fingerprint density at radius 1 is 1.15 bits per heavy atom. The Bertz CT molecular complexity index is 576. The van der Waals surface area contributed by atoms with E-state index in [4.69, 9.17) is 4.74 Å². The maximum absolute atomic E-state index is 12.2. The summed E-state index contributed by atoms with van der Waals surface area (Å²) in [6.07, 6.45) is 2.75. The Morgan fingerprint density at radius 2 is 1.90 bits per heavy atom. The van der Waals surface area contributed by atoms with Gasteiger partial charge in [0, 0.05) is 0 Å². The molecule has 0 aliphatic rings. The summed E-state index contributed by atoms with van der Waals surface area (Å²) in [4.78, 5) is 12.2. The van der Waals surface area contributed by atoms with Crippen LogP contribution in [0, 0.1) is 0 Å². The smallest absolute Gasteiger partial charge is 0.343 e. The number of unbranched alkanes of at least 4 members (excludes halogenated alkanes) is 1. The molecule has 0 aliphatic heterocycles. The first-order valence-corrected chi connectivity index (χ1v) is 6.80. The van der Waals surface area contributed by atoms with Crippen molar-refractivity contribution in [3.63, 3.8) is 0 Å². The molecule has 20 heavy (non-hydrogen) atoms. The Morgan fingerprint density at radius 3 is 2.60 bits per heavy atom. The van der Waals surface area contributed by atoms with E-state index in [0.29, 0.717) is 11.3 Å². The van der Waals surface area contributed by atoms with E-state index in [0.717, 1.165) is 24.8 Å². The van der Waals surface area contributed by atoms with Gasteiger partial charge in [-0.25, -0.2) is 4.79 Å². The Labute approximate surface area is 118 Å². The molecule has 0 heterocycles. The molecule has 0 saturated carbocycles. The van der Waals surface area contributed by atoms with Gasteiger partial charge in [0.05, 0.1) is 5.56 Å². The lowest BCUT2D eigenvalue weighted by molar-refractivity contribution is 0.0733. The van der Waals surface area contributed by atoms with Crippen molar-refractivity contribution >= 4 is 5.97 Å². The molecule has 0 spiro atoms. The first-order chi connectivity index (χ1) is 9.70. The van der Waals surface area contributed by atoms with Crippen LogP contribution in [-0.4, -0.2) is 11.1 Å². The quantitative estimate of drug-likeness (QED) is 0.661. The number of phenols is 1. The third-order valence-corrected chi connectivity index (χ3v) is 3.06. The third-order valence-electron chi connectivity index (χ3n) is 3.06. The largest absolute Gasteiger partial charge is 0.508 e. The molecular weight excluding hydrogens is 252 g/mol. The van der Waals surface area contributed by atoms with Crippen molar-refractivity contribution < 1.29 is 14.6 Å². The van der Waals surface area contributed by atoms with Gasteiger partial charge in [-0.3, -0.25) is 0 Å². The summed E-state index contributed by atoms with van der Waals surface area (Å²) in [6, 6.07) is 13.7. The van der Waals surface area contributed by atoms with Gasteiger partial charge >= 0.3 is 5.97 Å². The van der Waals surface area contributed by atoms with Crippen molar-refractivity contribution in [1.82, 2.24) is 0 Å². The molecule has 0 saturated heterocycles. The van der Waals surface area contributed by atoms with Crippen LogP contribution < -0.4 is 4.74 Å². The van der Waals surface area contributed by atoms with Crippen molar-refractivity contribution in [3.05, 3.63) is 59.7 Å². The Hall–Kier alpha value is -2.29. The minimum absolute atomic E-state index is 0.173. The molecule has 1 N–H and O–H groups in total. The van der Waals surface area contributed by atoms with E-state index in [1.165, 1.54) is 6.07 Å². The molecule has 0 unspecified atom stereocenters. The number of hydrogen-bond donors (Lipinski definition) is 1. The molecule has 0 aliphatic carbocycles.